The largest absolute Gasteiger partial charge is 0.344 e. The van der Waals surface area contributed by atoms with Gasteiger partial charge in [0, 0.05) is 25.3 Å². The van der Waals surface area contributed by atoms with Crippen molar-refractivity contribution in [2.75, 3.05) is 18.4 Å². The van der Waals surface area contributed by atoms with Crippen molar-refractivity contribution in [1.29, 1.82) is 0 Å². The average Bonchev–Trinajstić information content (AvgIpc) is 2.73. The van der Waals surface area contributed by atoms with E-state index in [1.165, 1.54) is 24.0 Å². The molecule has 1 atom stereocenters. The van der Waals surface area contributed by atoms with Crippen LogP contribution in [0.25, 0.3) is 0 Å². The van der Waals surface area contributed by atoms with E-state index in [2.05, 4.69) is 35.4 Å². The molecule has 2 aromatic rings. The number of aryl methyl sites for hydroxylation is 1. The Morgan fingerprint density at radius 2 is 1.76 bits per heavy atom. The third kappa shape index (κ3) is 6.16. The van der Waals surface area contributed by atoms with Gasteiger partial charge in [-0.15, -0.1) is 0 Å². The summed E-state index contributed by atoms with van der Waals surface area (Å²) < 4.78 is 0. The van der Waals surface area contributed by atoms with E-state index in [-0.39, 0.29) is 0 Å². The Morgan fingerprint density at radius 3 is 2.45 bits per heavy atom. The molecule has 5 heteroatoms. The second-order valence-corrected chi connectivity index (χ2v) is 7.94. The van der Waals surface area contributed by atoms with Crippen LogP contribution in [0.3, 0.4) is 0 Å². The van der Waals surface area contributed by atoms with Crippen LogP contribution >= 0.6 is 0 Å². The van der Waals surface area contributed by atoms with Crippen LogP contribution in [0.5, 0.6) is 0 Å². The van der Waals surface area contributed by atoms with Gasteiger partial charge in [-0.2, -0.15) is 0 Å². The van der Waals surface area contributed by atoms with Crippen molar-refractivity contribution in [3.63, 3.8) is 0 Å². The van der Waals surface area contributed by atoms with Crippen molar-refractivity contribution in [2.24, 2.45) is 5.92 Å². The van der Waals surface area contributed by atoms with Gasteiger partial charge in [0.2, 0.25) is 0 Å². The van der Waals surface area contributed by atoms with Crippen LogP contribution in [0.4, 0.5) is 5.69 Å². The molecule has 2 aromatic carbocycles. The quantitative estimate of drug-likeness (QED) is 0.735. The van der Waals surface area contributed by atoms with Gasteiger partial charge in [0.25, 0.3) is 0 Å². The molecule has 0 spiro atoms. The minimum Gasteiger partial charge on any atom is -0.344 e. The highest BCUT2D eigenvalue weighted by Gasteiger charge is 2.18. The average molecular weight is 394 g/mol. The number of amides is 2. The van der Waals surface area contributed by atoms with Crippen molar-refractivity contribution in [3.8, 4) is 0 Å². The molecule has 1 fully saturated rings. The van der Waals surface area contributed by atoms with Crippen molar-refractivity contribution in [2.45, 2.75) is 46.2 Å². The zero-order chi connectivity index (χ0) is 20.6. The van der Waals surface area contributed by atoms with Crippen molar-refractivity contribution in [1.82, 2.24) is 10.2 Å². The fraction of sp³-hybridized carbons (Fsp3) is 0.417. The summed E-state index contributed by atoms with van der Waals surface area (Å²) in [5.74, 6) is -0.534. The molecule has 29 heavy (non-hydrogen) atoms. The van der Waals surface area contributed by atoms with Crippen LogP contribution in [0.2, 0.25) is 0 Å². The first kappa shape index (κ1) is 21.1. The Kier molecular flexibility index (Phi) is 7.42. The molecule has 0 bridgehead atoms. The SMILES string of the molecule is CCc1ccc(NC(=O)C(=O)NCc2ccccc2CN2CCCC(C)C2)cc1. The van der Waals surface area contributed by atoms with Gasteiger partial charge in [0.05, 0.1) is 0 Å². The Bertz CT molecular complexity index is 832. The number of carbonyl (C=O) groups is 2. The van der Waals surface area contributed by atoms with Crippen LogP contribution in [0.15, 0.2) is 48.5 Å². The van der Waals surface area contributed by atoms with E-state index in [1.54, 1.807) is 0 Å². The number of carbonyl (C=O) groups excluding carboxylic acids is 2. The lowest BCUT2D eigenvalue weighted by Gasteiger charge is -2.31. The summed E-state index contributed by atoms with van der Waals surface area (Å²) in [5, 5.41) is 5.41. The lowest BCUT2D eigenvalue weighted by Crippen LogP contribution is -2.36. The molecule has 1 aliphatic heterocycles. The van der Waals surface area contributed by atoms with Crippen molar-refractivity contribution >= 4 is 17.5 Å². The van der Waals surface area contributed by atoms with E-state index in [9.17, 15) is 9.59 Å². The molecule has 5 nitrogen and oxygen atoms in total. The van der Waals surface area contributed by atoms with Crippen LogP contribution < -0.4 is 10.6 Å². The highest BCUT2D eigenvalue weighted by atomic mass is 16.2. The molecule has 3 rings (SSSR count). The lowest BCUT2D eigenvalue weighted by atomic mass is 9.99. The van der Waals surface area contributed by atoms with E-state index >= 15 is 0 Å². The molecule has 0 saturated carbocycles. The number of rotatable bonds is 6. The van der Waals surface area contributed by atoms with Crippen LogP contribution in [0.1, 0.15) is 43.4 Å². The molecule has 1 saturated heterocycles. The molecule has 1 aliphatic rings. The smallest absolute Gasteiger partial charge is 0.313 e. The van der Waals surface area contributed by atoms with E-state index in [4.69, 9.17) is 0 Å². The maximum absolute atomic E-state index is 12.3. The Labute approximate surface area is 173 Å². The molecular weight excluding hydrogens is 362 g/mol. The van der Waals surface area contributed by atoms with E-state index < -0.39 is 11.8 Å². The fourth-order valence-electron chi connectivity index (χ4n) is 3.82. The van der Waals surface area contributed by atoms with Crippen LogP contribution in [-0.4, -0.2) is 29.8 Å². The first-order valence-corrected chi connectivity index (χ1v) is 10.5. The molecular formula is C24H31N3O2. The van der Waals surface area contributed by atoms with E-state index in [0.717, 1.165) is 37.5 Å². The Morgan fingerprint density at radius 1 is 1.03 bits per heavy atom. The zero-order valence-electron chi connectivity index (χ0n) is 17.4. The third-order valence-corrected chi connectivity index (χ3v) is 5.52. The number of hydrogen-bond donors (Lipinski definition) is 2. The predicted octanol–water partition coefficient (Wildman–Crippen LogP) is 3.74. The summed E-state index contributed by atoms with van der Waals surface area (Å²) in [5.41, 5.74) is 4.07. The van der Waals surface area contributed by atoms with Gasteiger partial charge in [-0.05, 0) is 60.5 Å². The van der Waals surface area contributed by atoms with Crippen LogP contribution in [-0.2, 0) is 29.1 Å². The van der Waals surface area contributed by atoms with Gasteiger partial charge in [0.15, 0.2) is 0 Å². The summed E-state index contributed by atoms with van der Waals surface area (Å²) in [4.78, 5) is 26.9. The Hall–Kier alpha value is -2.66. The van der Waals surface area contributed by atoms with Crippen molar-refractivity contribution in [3.05, 3.63) is 65.2 Å². The van der Waals surface area contributed by atoms with Gasteiger partial charge >= 0.3 is 11.8 Å². The van der Waals surface area contributed by atoms with Gasteiger partial charge in [0.1, 0.15) is 0 Å². The molecule has 0 aromatic heterocycles. The molecule has 0 aliphatic carbocycles. The number of benzene rings is 2. The van der Waals surface area contributed by atoms with Gasteiger partial charge < -0.3 is 10.6 Å². The molecule has 154 valence electrons. The normalized spacial score (nSPS) is 17.0. The van der Waals surface area contributed by atoms with Gasteiger partial charge in [-0.1, -0.05) is 50.2 Å². The first-order chi connectivity index (χ1) is 14.0. The number of piperidine rings is 1. The zero-order valence-corrected chi connectivity index (χ0v) is 17.4. The molecule has 1 heterocycles. The van der Waals surface area contributed by atoms with Gasteiger partial charge in [-0.25, -0.2) is 0 Å². The highest BCUT2D eigenvalue weighted by Crippen LogP contribution is 2.19. The summed E-state index contributed by atoms with van der Waals surface area (Å²) in [6.45, 7) is 7.83. The topological polar surface area (TPSA) is 61.4 Å². The second-order valence-electron chi connectivity index (χ2n) is 7.94. The monoisotopic (exact) mass is 393 g/mol. The summed E-state index contributed by atoms with van der Waals surface area (Å²) in [6, 6.07) is 15.7. The molecule has 1 unspecified atom stereocenters. The number of anilines is 1. The number of nitrogens with zero attached hydrogens (tertiary/aromatic N) is 1. The lowest BCUT2D eigenvalue weighted by molar-refractivity contribution is -0.136. The maximum Gasteiger partial charge on any atom is 0.313 e. The van der Waals surface area contributed by atoms with Gasteiger partial charge in [-0.3, -0.25) is 14.5 Å². The number of nitrogens with one attached hydrogen (secondary N) is 2. The van der Waals surface area contributed by atoms with Crippen molar-refractivity contribution < 1.29 is 9.59 Å². The highest BCUT2D eigenvalue weighted by molar-refractivity contribution is 6.39. The summed E-state index contributed by atoms with van der Waals surface area (Å²) >= 11 is 0. The van der Waals surface area contributed by atoms with Crippen LogP contribution in [0, 0.1) is 5.92 Å². The third-order valence-electron chi connectivity index (χ3n) is 5.52. The minimum absolute atomic E-state index is 0.348. The second kappa shape index (κ2) is 10.2. The van der Waals surface area contributed by atoms with E-state index in [1.807, 2.05) is 42.5 Å². The molecule has 2 amide bonds. The summed E-state index contributed by atoms with van der Waals surface area (Å²) in [6.07, 6.45) is 3.47. The Balaban J connectivity index is 1.54. The summed E-state index contributed by atoms with van der Waals surface area (Å²) in [7, 11) is 0. The molecule has 0 radical (unpaired) electrons. The molecule has 2 N–H and O–H groups in total. The number of likely N-dealkylation sites (tertiary alicyclic amines) is 1. The number of hydrogen-bond acceptors (Lipinski definition) is 3. The van der Waals surface area contributed by atoms with E-state index in [0.29, 0.717) is 12.2 Å². The first-order valence-electron chi connectivity index (χ1n) is 10.5. The predicted molar refractivity (Wildman–Crippen MR) is 116 cm³/mol. The fourth-order valence-corrected chi connectivity index (χ4v) is 3.82. The standard InChI is InChI=1S/C24H31N3O2/c1-3-19-10-12-22(13-11-19)26-24(29)23(28)25-15-20-8-4-5-9-21(20)17-27-14-6-7-18(2)16-27/h4-5,8-13,18H,3,6-7,14-17H2,1-2H3,(H,25,28)(H,26,29). The minimum atomic E-state index is -0.642. The maximum atomic E-state index is 12.3.